The smallest absolute Gasteiger partial charge is 0.157 e. The van der Waals surface area contributed by atoms with Gasteiger partial charge in [0.2, 0.25) is 0 Å². The summed E-state index contributed by atoms with van der Waals surface area (Å²) < 4.78 is 35.6. The first-order valence-corrected chi connectivity index (χ1v) is 15.6. The van der Waals surface area contributed by atoms with Crippen LogP contribution in [0.3, 0.4) is 0 Å². The largest absolute Gasteiger partial charge is 0.493 e. The Bertz CT molecular complexity index is 1530. The van der Waals surface area contributed by atoms with Crippen molar-refractivity contribution in [1.29, 1.82) is 0 Å². The lowest BCUT2D eigenvalue weighted by atomic mass is 9.76. The van der Waals surface area contributed by atoms with Crippen LogP contribution in [0.1, 0.15) is 48.8 Å². The van der Waals surface area contributed by atoms with Crippen molar-refractivity contribution in [1.82, 2.24) is 9.78 Å². The van der Waals surface area contributed by atoms with Gasteiger partial charge in [0.1, 0.15) is 17.1 Å². The van der Waals surface area contributed by atoms with Gasteiger partial charge in [0, 0.05) is 19.3 Å². The molecule has 0 radical (unpaired) electrons. The number of benzene rings is 4. The van der Waals surface area contributed by atoms with E-state index in [1.165, 1.54) is 6.07 Å². The predicted molar refractivity (Wildman–Crippen MR) is 172 cm³/mol. The van der Waals surface area contributed by atoms with E-state index in [1.807, 2.05) is 59.3 Å². The normalized spacial score (nSPS) is 15.3. The molecule has 4 aromatic carbocycles. The quantitative estimate of drug-likeness (QED) is 0.105. The van der Waals surface area contributed by atoms with E-state index in [1.54, 1.807) is 18.2 Å². The summed E-state index contributed by atoms with van der Waals surface area (Å²) in [7, 11) is 0. The molecular weight excluding hydrogens is 575 g/mol. The third-order valence-corrected chi connectivity index (χ3v) is 8.23. The maximum atomic E-state index is 16.0. The van der Waals surface area contributed by atoms with Crippen LogP contribution in [0.2, 0.25) is 5.15 Å². The van der Waals surface area contributed by atoms with E-state index in [-0.39, 0.29) is 11.4 Å². The van der Waals surface area contributed by atoms with Gasteiger partial charge in [0.15, 0.2) is 11.4 Å². The molecule has 7 heteroatoms. The van der Waals surface area contributed by atoms with Gasteiger partial charge in [-0.05, 0) is 60.9 Å². The Morgan fingerprint density at radius 2 is 1.41 bits per heavy atom. The van der Waals surface area contributed by atoms with Crippen molar-refractivity contribution in [2.24, 2.45) is 0 Å². The standard InChI is InChI=1S/C37H36ClFN2O3/c38-34-27-32(36-31(39)21-14-22-33(36)42-24-12-13-26-44-35-23-10-11-25-43-35)41(40-34)37(28-15-4-1-5-16-28,29-17-6-2-7-18-29)30-19-8-3-9-20-30/h1-9,14-22,27,35H,10-13,23-26H2. The Labute approximate surface area is 263 Å². The fourth-order valence-electron chi connectivity index (χ4n) is 6.01. The third kappa shape index (κ3) is 6.29. The molecule has 1 aliphatic rings. The molecule has 226 valence electrons. The molecule has 0 N–H and O–H groups in total. The summed E-state index contributed by atoms with van der Waals surface area (Å²) in [4.78, 5) is 0. The van der Waals surface area contributed by atoms with Gasteiger partial charge in [-0.3, -0.25) is 0 Å². The van der Waals surface area contributed by atoms with E-state index >= 15 is 4.39 Å². The van der Waals surface area contributed by atoms with E-state index in [4.69, 9.17) is 30.9 Å². The molecule has 1 saturated heterocycles. The molecule has 5 nitrogen and oxygen atoms in total. The van der Waals surface area contributed by atoms with Crippen molar-refractivity contribution in [3.8, 4) is 17.0 Å². The van der Waals surface area contributed by atoms with Gasteiger partial charge in [-0.2, -0.15) is 5.10 Å². The molecule has 1 aliphatic heterocycles. The lowest BCUT2D eigenvalue weighted by molar-refractivity contribution is -0.162. The fraction of sp³-hybridized carbons (Fsp3) is 0.270. The number of hydrogen-bond donors (Lipinski definition) is 0. The highest BCUT2D eigenvalue weighted by atomic mass is 35.5. The molecule has 6 rings (SSSR count). The molecule has 0 amide bonds. The first-order valence-electron chi connectivity index (χ1n) is 15.3. The summed E-state index contributed by atoms with van der Waals surface area (Å²) in [5.41, 5.74) is 2.73. The summed E-state index contributed by atoms with van der Waals surface area (Å²) in [6.07, 6.45) is 4.63. The average Bonchev–Trinajstić information content (AvgIpc) is 3.46. The Morgan fingerprint density at radius 3 is 2.00 bits per heavy atom. The Hall–Kier alpha value is -3.97. The highest BCUT2D eigenvalue weighted by Gasteiger charge is 2.41. The molecule has 0 saturated carbocycles. The fourth-order valence-corrected chi connectivity index (χ4v) is 6.19. The number of rotatable bonds is 12. The molecule has 1 aromatic heterocycles. The summed E-state index contributed by atoms with van der Waals surface area (Å²) in [5.74, 6) is 0.0172. The van der Waals surface area contributed by atoms with Crippen molar-refractivity contribution >= 4 is 11.6 Å². The van der Waals surface area contributed by atoms with Crippen LogP contribution >= 0.6 is 11.6 Å². The summed E-state index contributed by atoms with van der Waals surface area (Å²) in [6, 6.07) is 37.0. The minimum Gasteiger partial charge on any atom is -0.493 e. The lowest BCUT2D eigenvalue weighted by Crippen LogP contribution is -2.39. The monoisotopic (exact) mass is 610 g/mol. The van der Waals surface area contributed by atoms with Crippen LogP contribution in [-0.4, -0.2) is 35.9 Å². The Kier molecular flexibility index (Phi) is 9.71. The number of aromatic nitrogens is 2. The summed E-state index contributed by atoms with van der Waals surface area (Å²) in [6.45, 7) is 1.77. The van der Waals surface area contributed by atoms with Crippen LogP contribution < -0.4 is 4.74 Å². The van der Waals surface area contributed by atoms with Gasteiger partial charge in [-0.15, -0.1) is 0 Å². The zero-order valence-corrected chi connectivity index (χ0v) is 25.3. The Balaban J connectivity index is 1.39. The van der Waals surface area contributed by atoms with Crippen LogP contribution in [-0.2, 0) is 15.0 Å². The highest BCUT2D eigenvalue weighted by Crippen LogP contribution is 2.45. The topological polar surface area (TPSA) is 45.5 Å². The first kappa shape index (κ1) is 30.1. The van der Waals surface area contributed by atoms with E-state index in [9.17, 15) is 0 Å². The van der Waals surface area contributed by atoms with Gasteiger partial charge in [-0.1, -0.05) is 109 Å². The summed E-state index contributed by atoms with van der Waals surface area (Å²) >= 11 is 6.69. The predicted octanol–water partition coefficient (Wildman–Crippen LogP) is 8.89. The minimum absolute atomic E-state index is 0.108. The van der Waals surface area contributed by atoms with Crippen LogP contribution in [0, 0.1) is 5.82 Å². The van der Waals surface area contributed by atoms with Gasteiger partial charge < -0.3 is 14.2 Å². The van der Waals surface area contributed by atoms with Gasteiger partial charge in [-0.25, -0.2) is 9.07 Å². The second-order valence-corrected chi connectivity index (χ2v) is 11.3. The van der Waals surface area contributed by atoms with Gasteiger partial charge in [0.05, 0.1) is 17.9 Å². The van der Waals surface area contributed by atoms with Crippen molar-refractivity contribution in [2.75, 3.05) is 19.8 Å². The van der Waals surface area contributed by atoms with Crippen molar-refractivity contribution < 1.29 is 18.6 Å². The van der Waals surface area contributed by atoms with Gasteiger partial charge in [0.25, 0.3) is 0 Å². The second-order valence-electron chi connectivity index (χ2n) is 10.9. The molecule has 44 heavy (non-hydrogen) atoms. The lowest BCUT2D eigenvalue weighted by Gasteiger charge is -2.37. The number of halogens is 2. The molecule has 1 atom stereocenters. The van der Waals surface area contributed by atoms with Crippen LogP contribution in [0.25, 0.3) is 11.3 Å². The van der Waals surface area contributed by atoms with Crippen LogP contribution in [0.4, 0.5) is 4.39 Å². The molecule has 0 aliphatic carbocycles. The van der Waals surface area contributed by atoms with Crippen LogP contribution in [0.5, 0.6) is 5.75 Å². The molecule has 5 aromatic rings. The third-order valence-electron chi connectivity index (χ3n) is 8.04. The van der Waals surface area contributed by atoms with E-state index < -0.39 is 11.4 Å². The molecule has 1 fully saturated rings. The SMILES string of the molecule is Fc1cccc(OCCCCOC2CCCCO2)c1-c1cc(Cl)nn1C(c1ccccc1)(c1ccccc1)c1ccccc1. The number of nitrogens with zero attached hydrogens (tertiary/aromatic N) is 2. The minimum atomic E-state index is -0.968. The molecule has 1 unspecified atom stereocenters. The maximum absolute atomic E-state index is 16.0. The number of ether oxygens (including phenoxy) is 3. The number of unbranched alkanes of at least 4 members (excludes halogenated alkanes) is 1. The zero-order valence-electron chi connectivity index (χ0n) is 24.6. The van der Waals surface area contributed by atoms with E-state index in [2.05, 4.69) is 36.4 Å². The molecule has 2 heterocycles. The molecular formula is C37H36ClFN2O3. The Morgan fingerprint density at radius 1 is 0.795 bits per heavy atom. The van der Waals surface area contributed by atoms with Crippen molar-refractivity contribution in [3.05, 3.63) is 143 Å². The number of hydrogen-bond acceptors (Lipinski definition) is 4. The maximum Gasteiger partial charge on any atom is 0.157 e. The first-order chi connectivity index (χ1) is 21.7. The van der Waals surface area contributed by atoms with E-state index in [0.29, 0.717) is 30.2 Å². The molecule has 0 spiro atoms. The van der Waals surface area contributed by atoms with Crippen LogP contribution in [0.15, 0.2) is 115 Å². The van der Waals surface area contributed by atoms with E-state index in [0.717, 1.165) is 55.4 Å². The van der Waals surface area contributed by atoms with Crippen molar-refractivity contribution in [3.63, 3.8) is 0 Å². The zero-order chi connectivity index (χ0) is 30.2. The summed E-state index contributed by atoms with van der Waals surface area (Å²) in [5, 5.41) is 5.12. The highest BCUT2D eigenvalue weighted by molar-refractivity contribution is 6.29. The molecule has 0 bridgehead atoms. The van der Waals surface area contributed by atoms with Gasteiger partial charge >= 0.3 is 0 Å². The average molecular weight is 611 g/mol. The van der Waals surface area contributed by atoms with Crippen molar-refractivity contribution in [2.45, 2.75) is 43.9 Å². The second kappa shape index (κ2) is 14.2.